The minimum Gasteiger partial charge on any atom is -0.494 e. The Labute approximate surface area is 128 Å². The van der Waals surface area contributed by atoms with E-state index in [1.54, 1.807) is 0 Å². The average Bonchev–Trinajstić information content (AvgIpc) is 2.45. The lowest BCUT2D eigenvalue weighted by Crippen LogP contribution is -2.03. The van der Waals surface area contributed by atoms with E-state index in [1.165, 1.54) is 27.9 Å². The Kier molecular flexibility index (Phi) is 5.26. The van der Waals surface area contributed by atoms with Gasteiger partial charge in [0.2, 0.25) is 0 Å². The summed E-state index contributed by atoms with van der Waals surface area (Å²) < 4.78 is 5.60. The SMILES string of the molecule is CCCOc1ccc(CNc2c(C)cc(C)cc2C)cc1. The third-order valence-corrected chi connectivity index (χ3v) is 3.54. The Bertz CT molecular complexity index is 564. The van der Waals surface area contributed by atoms with Crippen LogP contribution in [0.25, 0.3) is 0 Å². The van der Waals surface area contributed by atoms with E-state index in [0.717, 1.165) is 25.3 Å². The van der Waals surface area contributed by atoms with Gasteiger partial charge in [0, 0.05) is 12.2 Å². The summed E-state index contributed by atoms with van der Waals surface area (Å²) in [5.41, 5.74) is 6.42. The summed E-state index contributed by atoms with van der Waals surface area (Å²) in [5.74, 6) is 0.947. The number of aryl methyl sites for hydroxylation is 3. The van der Waals surface area contributed by atoms with Gasteiger partial charge in [-0.1, -0.05) is 36.8 Å². The standard InChI is InChI=1S/C19H25NO/c1-5-10-21-18-8-6-17(7-9-18)13-20-19-15(3)11-14(2)12-16(19)4/h6-9,11-12,20H,5,10,13H2,1-4H3. The lowest BCUT2D eigenvalue weighted by Gasteiger charge is -2.14. The lowest BCUT2D eigenvalue weighted by atomic mass is 10.0. The van der Waals surface area contributed by atoms with Gasteiger partial charge in [-0.25, -0.2) is 0 Å². The fraction of sp³-hybridized carbons (Fsp3) is 0.368. The normalized spacial score (nSPS) is 10.5. The molecule has 112 valence electrons. The van der Waals surface area contributed by atoms with Crippen LogP contribution in [0.5, 0.6) is 5.75 Å². The molecule has 21 heavy (non-hydrogen) atoms. The first-order chi connectivity index (χ1) is 10.1. The van der Waals surface area contributed by atoms with Crippen molar-refractivity contribution in [3.8, 4) is 5.75 Å². The zero-order valence-electron chi connectivity index (χ0n) is 13.5. The molecule has 0 unspecified atom stereocenters. The third kappa shape index (κ3) is 4.25. The van der Waals surface area contributed by atoms with Gasteiger partial charge in [-0.15, -0.1) is 0 Å². The molecule has 2 nitrogen and oxygen atoms in total. The van der Waals surface area contributed by atoms with E-state index in [0.29, 0.717) is 0 Å². The van der Waals surface area contributed by atoms with Crippen molar-refractivity contribution in [1.82, 2.24) is 0 Å². The van der Waals surface area contributed by atoms with Crippen LogP contribution in [0.2, 0.25) is 0 Å². The molecule has 0 saturated carbocycles. The monoisotopic (exact) mass is 283 g/mol. The molecule has 2 aromatic carbocycles. The van der Waals surface area contributed by atoms with Gasteiger partial charge in [0.25, 0.3) is 0 Å². The second kappa shape index (κ2) is 7.16. The molecule has 2 aromatic rings. The molecule has 0 spiro atoms. The summed E-state index contributed by atoms with van der Waals surface area (Å²) >= 11 is 0. The van der Waals surface area contributed by atoms with Crippen molar-refractivity contribution in [1.29, 1.82) is 0 Å². The average molecular weight is 283 g/mol. The lowest BCUT2D eigenvalue weighted by molar-refractivity contribution is 0.317. The van der Waals surface area contributed by atoms with E-state index in [9.17, 15) is 0 Å². The van der Waals surface area contributed by atoms with Crippen molar-refractivity contribution in [3.05, 3.63) is 58.7 Å². The van der Waals surface area contributed by atoms with Gasteiger partial charge >= 0.3 is 0 Å². The van der Waals surface area contributed by atoms with E-state index in [2.05, 4.69) is 57.3 Å². The maximum Gasteiger partial charge on any atom is 0.119 e. The highest BCUT2D eigenvalue weighted by Gasteiger charge is 2.03. The van der Waals surface area contributed by atoms with Crippen molar-refractivity contribution in [2.75, 3.05) is 11.9 Å². The van der Waals surface area contributed by atoms with Crippen LogP contribution < -0.4 is 10.1 Å². The fourth-order valence-corrected chi connectivity index (χ4v) is 2.57. The molecule has 0 bridgehead atoms. The van der Waals surface area contributed by atoms with E-state index in [-0.39, 0.29) is 0 Å². The van der Waals surface area contributed by atoms with Gasteiger partial charge < -0.3 is 10.1 Å². The first-order valence-electron chi connectivity index (χ1n) is 7.63. The molecule has 0 atom stereocenters. The molecule has 0 fully saturated rings. The molecule has 0 aliphatic rings. The molecule has 1 N–H and O–H groups in total. The molecule has 0 radical (unpaired) electrons. The third-order valence-electron chi connectivity index (χ3n) is 3.54. The Hall–Kier alpha value is -1.96. The molecule has 0 amide bonds. The zero-order valence-corrected chi connectivity index (χ0v) is 13.5. The van der Waals surface area contributed by atoms with Crippen molar-refractivity contribution < 1.29 is 4.74 Å². The smallest absolute Gasteiger partial charge is 0.119 e. The highest BCUT2D eigenvalue weighted by Crippen LogP contribution is 2.23. The van der Waals surface area contributed by atoms with E-state index >= 15 is 0 Å². The van der Waals surface area contributed by atoms with Crippen LogP contribution in [0.15, 0.2) is 36.4 Å². The zero-order chi connectivity index (χ0) is 15.2. The van der Waals surface area contributed by atoms with Crippen molar-refractivity contribution >= 4 is 5.69 Å². The maximum atomic E-state index is 5.60. The maximum absolute atomic E-state index is 5.60. The van der Waals surface area contributed by atoms with Crippen molar-refractivity contribution in [3.63, 3.8) is 0 Å². The molecular formula is C19H25NO. The number of nitrogens with one attached hydrogen (secondary N) is 1. The van der Waals surface area contributed by atoms with Crippen LogP contribution in [0.4, 0.5) is 5.69 Å². The molecule has 0 heterocycles. The Morgan fingerprint density at radius 3 is 2.14 bits per heavy atom. The molecule has 0 aromatic heterocycles. The summed E-state index contributed by atoms with van der Waals surface area (Å²) in [6.45, 7) is 10.2. The minimum absolute atomic E-state index is 0.777. The van der Waals surface area contributed by atoms with Gasteiger partial charge in [-0.2, -0.15) is 0 Å². The van der Waals surface area contributed by atoms with Crippen LogP contribution in [0.1, 0.15) is 35.6 Å². The van der Waals surface area contributed by atoms with E-state index < -0.39 is 0 Å². The van der Waals surface area contributed by atoms with E-state index in [4.69, 9.17) is 4.74 Å². The predicted octanol–water partition coefficient (Wildman–Crippen LogP) is 5.01. The quantitative estimate of drug-likeness (QED) is 0.804. The predicted molar refractivity (Wildman–Crippen MR) is 90.2 cm³/mol. The molecule has 0 saturated heterocycles. The number of ether oxygens (including phenoxy) is 1. The molecular weight excluding hydrogens is 258 g/mol. The van der Waals surface area contributed by atoms with Crippen molar-refractivity contribution in [2.45, 2.75) is 40.7 Å². The highest BCUT2D eigenvalue weighted by molar-refractivity contribution is 5.58. The summed E-state index contributed by atoms with van der Waals surface area (Å²) in [6, 6.07) is 12.8. The van der Waals surface area contributed by atoms with Crippen LogP contribution in [0, 0.1) is 20.8 Å². The highest BCUT2D eigenvalue weighted by atomic mass is 16.5. The Morgan fingerprint density at radius 1 is 0.952 bits per heavy atom. The van der Waals surface area contributed by atoms with Crippen LogP contribution in [0.3, 0.4) is 0 Å². The summed E-state index contributed by atoms with van der Waals surface area (Å²) in [5, 5.41) is 3.55. The minimum atomic E-state index is 0.777. The van der Waals surface area contributed by atoms with E-state index in [1.807, 2.05) is 12.1 Å². The van der Waals surface area contributed by atoms with Gasteiger partial charge in [0.1, 0.15) is 5.75 Å². The summed E-state index contributed by atoms with van der Waals surface area (Å²) in [7, 11) is 0. The number of hydrogen-bond acceptors (Lipinski definition) is 2. The Morgan fingerprint density at radius 2 is 1.57 bits per heavy atom. The molecule has 2 heteroatoms. The molecule has 0 aliphatic carbocycles. The molecule has 0 aliphatic heterocycles. The van der Waals surface area contributed by atoms with Gasteiger partial charge in [-0.05, 0) is 56.0 Å². The van der Waals surface area contributed by atoms with Crippen LogP contribution in [-0.2, 0) is 6.54 Å². The van der Waals surface area contributed by atoms with Crippen LogP contribution >= 0.6 is 0 Å². The number of benzene rings is 2. The number of rotatable bonds is 6. The second-order valence-corrected chi connectivity index (χ2v) is 5.62. The first kappa shape index (κ1) is 15.4. The van der Waals surface area contributed by atoms with Gasteiger partial charge in [0.15, 0.2) is 0 Å². The summed E-state index contributed by atoms with van der Waals surface area (Å²) in [4.78, 5) is 0. The molecule has 2 rings (SSSR count). The van der Waals surface area contributed by atoms with Gasteiger partial charge in [-0.3, -0.25) is 0 Å². The van der Waals surface area contributed by atoms with Crippen LogP contribution in [-0.4, -0.2) is 6.61 Å². The number of anilines is 1. The second-order valence-electron chi connectivity index (χ2n) is 5.62. The summed E-state index contributed by atoms with van der Waals surface area (Å²) in [6.07, 6.45) is 1.04. The van der Waals surface area contributed by atoms with Crippen molar-refractivity contribution in [2.24, 2.45) is 0 Å². The topological polar surface area (TPSA) is 21.3 Å². The van der Waals surface area contributed by atoms with Gasteiger partial charge in [0.05, 0.1) is 6.61 Å². The fourth-order valence-electron chi connectivity index (χ4n) is 2.57. The number of hydrogen-bond donors (Lipinski definition) is 1. The first-order valence-corrected chi connectivity index (χ1v) is 7.63. The Balaban J connectivity index is 2.00. The largest absolute Gasteiger partial charge is 0.494 e.